The van der Waals surface area contributed by atoms with Crippen LogP contribution in [0.2, 0.25) is 0 Å². The van der Waals surface area contributed by atoms with Crippen LogP contribution < -0.4 is 10.6 Å². The number of anilines is 1. The smallest absolute Gasteiger partial charge is 0.146 e. The molecule has 0 atom stereocenters. The first-order valence-electron chi connectivity index (χ1n) is 7.49. The van der Waals surface area contributed by atoms with Gasteiger partial charge in [-0.1, -0.05) is 12.1 Å². The van der Waals surface area contributed by atoms with Crippen molar-refractivity contribution in [3.05, 3.63) is 29.6 Å². The Morgan fingerprint density at radius 3 is 2.60 bits per heavy atom. The van der Waals surface area contributed by atoms with Gasteiger partial charge in [0.25, 0.3) is 0 Å². The standard InChI is InChI=1S/C16H26FN3/c1-19(2)12-13-7-10-20(11-8-13)16-14(6-9-18)4-3-5-15(16)17/h3-5,13H,6-12,18H2,1-2H3. The minimum Gasteiger partial charge on any atom is -0.369 e. The summed E-state index contributed by atoms with van der Waals surface area (Å²) in [6.07, 6.45) is 3.01. The quantitative estimate of drug-likeness (QED) is 0.896. The molecular weight excluding hydrogens is 253 g/mol. The summed E-state index contributed by atoms with van der Waals surface area (Å²) in [6, 6.07) is 5.33. The number of benzene rings is 1. The van der Waals surface area contributed by atoms with E-state index in [2.05, 4.69) is 23.9 Å². The van der Waals surface area contributed by atoms with Gasteiger partial charge >= 0.3 is 0 Å². The number of nitrogens with two attached hydrogens (primary N) is 1. The predicted molar refractivity (Wildman–Crippen MR) is 82.6 cm³/mol. The molecule has 112 valence electrons. The van der Waals surface area contributed by atoms with Gasteiger partial charge in [-0.05, 0) is 57.5 Å². The van der Waals surface area contributed by atoms with E-state index in [9.17, 15) is 4.39 Å². The molecule has 1 fully saturated rings. The van der Waals surface area contributed by atoms with Gasteiger partial charge in [0.05, 0.1) is 5.69 Å². The van der Waals surface area contributed by atoms with Crippen molar-refractivity contribution in [1.82, 2.24) is 4.90 Å². The summed E-state index contributed by atoms with van der Waals surface area (Å²) in [4.78, 5) is 4.44. The first kappa shape index (κ1) is 15.3. The fourth-order valence-corrected chi connectivity index (χ4v) is 3.13. The Bertz CT molecular complexity index is 426. The SMILES string of the molecule is CN(C)CC1CCN(c2c(F)cccc2CCN)CC1. The van der Waals surface area contributed by atoms with Crippen molar-refractivity contribution in [1.29, 1.82) is 0 Å². The fourth-order valence-electron chi connectivity index (χ4n) is 3.13. The summed E-state index contributed by atoms with van der Waals surface area (Å²) in [7, 11) is 4.23. The molecule has 0 amide bonds. The molecule has 1 aromatic rings. The molecule has 1 heterocycles. The number of nitrogens with zero attached hydrogens (tertiary/aromatic N) is 2. The van der Waals surface area contributed by atoms with Crippen LogP contribution in [0.3, 0.4) is 0 Å². The molecule has 2 N–H and O–H groups in total. The summed E-state index contributed by atoms with van der Waals surface area (Å²) in [5, 5.41) is 0. The van der Waals surface area contributed by atoms with E-state index in [1.54, 1.807) is 12.1 Å². The third kappa shape index (κ3) is 3.70. The van der Waals surface area contributed by atoms with Crippen LogP contribution >= 0.6 is 0 Å². The molecule has 4 heteroatoms. The average Bonchev–Trinajstić information content (AvgIpc) is 2.40. The van der Waals surface area contributed by atoms with Crippen LogP contribution in [0.1, 0.15) is 18.4 Å². The molecule has 1 aliphatic heterocycles. The van der Waals surface area contributed by atoms with Crippen LogP contribution in [0.25, 0.3) is 0 Å². The highest BCUT2D eigenvalue weighted by Gasteiger charge is 2.23. The van der Waals surface area contributed by atoms with E-state index in [4.69, 9.17) is 5.73 Å². The normalized spacial score (nSPS) is 16.9. The van der Waals surface area contributed by atoms with Crippen molar-refractivity contribution in [2.24, 2.45) is 11.7 Å². The Morgan fingerprint density at radius 1 is 1.30 bits per heavy atom. The molecule has 2 rings (SSSR count). The zero-order valence-electron chi connectivity index (χ0n) is 12.6. The van der Waals surface area contributed by atoms with E-state index in [0.717, 1.165) is 56.1 Å². The zero-order chi connectivity index (χ0) is 14.5. The molecule has 3 nitrogen and oxygen atoms in total. The maximum Gasteiger partial charge on any atom is 0.146 e. The van der Waals surface area contributed by atoms with Crippen molar-refractivity contribution in [2.45, 2.75) is 19.3 Å². The van der Waals surface area contributed by atoms with Crippen molar-refractivity contribution in [3.63, 3.8) is 0 Å². The van der Waals surface area contributed by atoms with Gasteiger partial charge in [0, 0.05) is 19.6 Å². The van der Waals surface area contributed by atoms with Gasteiger partial charge in [0.1, 0.15) is 5.82 Å². The van der Waals surface area contributed by atoms with Gasteiger partial charge in [0.15, 0.2) is 0 Å². The van der Waals surface area contributed by atoms with Crippen molar-refractivity contribution in [2.75, 3.05) is 45.2 Å². The minimum absolute atomic E-state index is 0.109. The molecule has 0 aliphatic carbocycles. The Balaban J connectivity index is 2.06. The molecule has 0 radical (unpaired) electrons. The van der Waals surface area contributed by atoms with E-state index in [1.165, 1.54) is 0 Å². The van der Waals surface area contributed by atoms with Crippen molar-refractivity contribution in [3.8, 4) is 0 Å². The third-order valence-corrected chi connectivity index (χ3v) is 4.04. The van der Waals surface area contributed by atoms with E-state index in [1.807, 2.05) is 6.07 Å². The van der Waals surface area contributed by atoms with Crippen LogP contribution in [0, 0.1) is 11.7 Å². The molecule has 0 unspecified atom stereocenters. The maximum atomic E-state index is 14.2. The Kier molecular flexibility index (Phi) is 5.38. The molecule has 0 bridgehead atoms. The monoisotopic (exact) mass is 279 g/mol. The Labute approximate surface area is 121 Å². The second-order valence-corrected chi connectivity index (χ2v) is 5.98. The minimum atomic E-state index is -0.109. The average molecular weight is 279 g/mol. The molecule has 0 aromatic heterocycles. The van der Waals surface area contributed by atoms with Crippen LogP contribution in [0.4, 0.5) is 10.1 Å². The highest BCUT2D eigenvalue weighted by molar-refractivity contribution is 5.55. The lowest BCUT2D eigenvalue weighted by Gasteiger charge is -2.35. The van der Waals surface area contributed by atoms with E-state index < -0.39 is 0 Å². The summed E-state index contributed by atoms with van der Waals surface area (Å²) in [5.41, 5.74) is 7.46. The molecule has 1 saturated heterocycles. The highest BCUT2D eigenvalue weighted by Crippen LogP contribution is 2.29. The van der Waals surface area contributed by atoms with E-state index >= 15 is 0 Å². The van der Waals surface area contributed by atoms with E-state index in [-0.39, 0.29) is 5.82 Å². The predicted octanol–water partition coefficient (Wildman–Crippen LogP) is 2.10. The first-order valence-corrected chi connectivity index (χ1v) is 7.49. The second kappa shape index (κ2) is 7.04. The lowest BCUT2D eigenvalue weighted by atomic mass is 9.95. The van der Waals surface area contributed by atoms with Gasteiger partial charge in [-0.15, -0.1) is 0 Å². The number of hydrogen-bond donors (Lipinski definition) is 1. The highest BCUT2D eigenvalue weighted by atomic mass is 19.1. The van der Waals surface area contributed by atoms with Gasteiger partial charge < -0.3 is 15.5 Å². The Morgan fingerprint density at radius 2 is 2.00 bits per heavy atom. The van der Waals surface area contributed by atoms with Gasteiger partial charge in [-0.3, -0.25) is 0 Å². The summed E-state index contributed by atoms with van der Waals surface area (Å²) < 4.78 is 14.2. The van der Waals surface area contributed by atoms with Gasteiger partial charge in [-0.2, -0.15) is 0 Å². The first-order chi connectivity index (χ1) is 9.61. The molecule has 1 aromatic carbocycles. The summed E-state index contributed by atoms with van der Waals surface area (Å²) in [6.45, 7) is 3.57. The number of hydrogen-bond acceptors (Lipinski definition) is 3. The largest absolute Gasteiger partial charge is 0.369 e. The van der Waals surface area contributed by atoms with Crippen LogP contribution in [0.5, 0.6) is 0 Å². The van der Waals surface area contributed by atoms with E-state index in [0.29, 0.717) is 6.54 Å². The second-order valence-electron chi connectivity index (χ2n) is 5.98. The van der Waals surface area contributed by atoms with Crippen LogP contribution in [-0.2, 0) is 6.42 Å². The zero-order valence-corrected chi connectivity index (χ0v) is 12.6. The summed E-state index contributed by atoms with van der Waals surface area (Å²) >= 11 is 0. The fraction of sp³-hybridized carbons (Fsp3) is 0.625. The van der Waals surface area contributed by atoms with Gasteiger partial charge in [-0.25, -0.2) is 4.39 Å². The van der Waals surface area contributed by atoms with Crippen molar-refractivity contribution >= 4 is 5.69 Å². The molecule has 0 saturated carbocycles. The van der Waals surface area contributed by atoms with Gasteiger partial charge in [0.2, 0.25) is 0 Å². The third-order valence-electron chi connectivity index (χ3n) is 4.04. The summed E-state index contributed by atoms with van der Waals surface area (Å²) in [5.74, 6) is 0.619. The lowest BCUT2D eigenvalue weighted by molar-refractivity contribution is 0.284. The van der Waals surface area contributed by atoms with Crippen LogP contribution in [-0.4, -0.2) is 45.2 Å². The molecule has 0 spiro atoms. The number of rotatable bonds is 5. The molecular formula is C16H26FN3. The number of para-hydroxylation sites is 1. The topological polar surface area (TPSA) is 32.5 Å². The van der Waals surface area contributed by atoms with Crippen LogP contribution in [0.15, 0.2) is 18.2 Å². The molecule has 20 heavy (non-hydrogen) atoms. The maximum absolute atomic E-state index is 14.2. The Hall–Kier alpha value is -1.13. The number of halogens is 1. The molecule has 1 aliphatic rings. The lowest BCUT2D eigenvalue weighted by Crippen LogP contribution is -2.38. The van der Waals surface area contributed by atoms with Crippen molar-refractivity contribution < 1.29 is 4.39 Å². The number of piperidine rings is 1.